The lowest BCUT2D eigenvalue weighted by Crippen LogP contribution is -2.09. The molecule has 0 atom stereocenters. The molecular weight excluding hydrogens is 249 g/mol. The number of nitrogens with zero attached hydrogens (tertiary/aromatic N) is 3. The third-order valence-corrected chi connectivity index (χ3v) is 2.30. The molecule has 0 fully saturated rings. The molecule has 0 bridgehead atoms. The number of aliphatic hydroxyl groups excluding tert-OH is 1. The number of nitrogens with one attached hydrogen (secondary N) is 1. The van der Waals surface area contributed by atoms with Crippen LogP contribution in [0.4, 0.5) is 13.2 Å². The number of aryl methyl sites for hydroxylation is 1. The normalized spacial score (nSPS) is 11.8. The number of hydrogen-bond acceptors (Lipinski definition) is 4. The monoisotopic (exact) mass is 258 g/mol. The third-order valence-electron chi connectivity index (χ3n) is 2.30. The van der Waals surface area contributed by atoms with Gasteiger partial charge in [0.15, 0.2) is 11.6 Å². The molecule has 18 heavy (non-hydrogen) atoms. The molecule has 2 aromatic heterocycles. The van der Waals surface area contributed by atoms with Gasteiger partial charge in [0.25, 0.3) is 0 Å². The van der Waals surface area contributed by atoms with E-state index in [9.17, 15) is 13.2 Å². The van der Waals surface area contributed by atoms with Gasteiger partial charge in [-0.05, 0) is 19.1 Å². The minimum absolute atomic E-state index is 0.174. The summed E-state index contributed by atoms with van der Waals surface area (Å²) < 4.78 is 37.3. The second-order valence-electron chi connectivity index (χ2n) is 3.59. The van der Waals surface area contributed by atoms with Gasteiger partial charge in [-0.3, -0.25) is 5.10 Å². The number of aromatic amines is 1. The van der Waals surface area contributed by atoms with E-state index in [1.807, 2.05) is 0 Å². The minimum atomic E-state index is -4.47. The Balaban J connectivity index is 2.41. The lowest BCUT2D eigenvalue weighted by Gasteiger charge is -2.07. The summed E-state index contributed by atoms with van der Waals surface area (Å²) in [5, 5.41) is 15.1. The maximum Gasteiger partial charge on any atom is 0.433 e. The van der Waals surface area contributed by atoms with Crippen LogP contribution in [0.2, 0.25) is 0 Å². The van der Waals surface area contributed by atoms with E-state index in [1.165, 1.54) is 13.0 Å². The van der Waals surface area contributed by atoms with Gasteiger partial charge in [-0.25, -0.2) is 9.97 Å². The highest BCUT2D eigenvalue weighted by Crippen LogP contribution is 2.29. The second-order valence-corrected chi connectivity index (χ2v) is 3.59. The molecule has 0 aromatic carbocycles. The Morgan fingerprint density at radius 1 is 1.28 bits per heavy atom. The predicted octanol–water partition coefficient (Wildman–Crippen LogP) is 1.69. The summed E-state index contributed by atoms with van der Waals surface area (Å²) in [5.74, 6) is 0.446. The molecule has 0 amide bonds. The summed E-state index contributed by atoms with van der Waals surface area (Å²) in [6, 6.07) is 2.13. The first-order valence-corrected chi connectivity index (χ1v) is 4.99. The number of pyridine rings is 1. The van der Waals surface area contributed by atoms with Crippen LogP contribution in [0.15, 0.2) is 12.1 Å². The van der Waals surface area contributed by atoms with E-state index >= 15 is 0 Å². The Morgan fingerprint density at radius 2 is 2.00 bits per heavy atom. The molecule has 0 aliphatic carbocycles. The molecule has 2 aromatic rings. The van der Waals surface area contributed by atoms with Gasteiger partial charge < -0.3 is 5.11 Å². The van der Waals surface area contributed by atoms with Crippen LogP contribution in [0.3, 0.4) is 0 Å². The largest absolute Gasteiger partial charge is 0.433 e. The van der Waals surface area contributed by atoms with Gasteiger partial charge in [0.1, 0.15) is 12.3 Å². The molecule has 2 N–H and O–H groups in total. The zero-order chi connectivity index (χ0) is 13.3. The maximum absolute atomic E-state index is 12.4. The van der Waals surface area contributed by atoms with E-state index in [4.69, 9.17) is 5.11 Å². The Kier molecular flexibility index (Phi) is 3.04. The molecule has 0 aliphatic rings. The Hall–Kier alpha value is -1.96. The summed E-state index contributed by atoms with van der Waals surface area (Å²) >= 11 is 0. The van der Waals surface area contributed by atoms with Gasteiger partial charge in [0, 0.05) is 11.3 Å². The van der Waals surface area contributed by atoms with Crippen LogP contribution in [-0.4, -0.2) is 25.3 Å². The Labute approximate surface area is 99.7 Å². The van der Waals surface area contributed by atoms with Gasteiger partial charge in [0.2, 0.25) is 0 Å². The topological polar surface area (TPSA) is 74.7 Å². The molecular formula is C10H9F3N4O. The molecule has 8 heteroatoms. The first-order valence-electron chi connectivity index (χ1n) is 4.99. The summed E-state index contributed by atoms with van der Waals surface area (Å²) in [5.41, 5.74) is -0.395. The summed E-state index contributed by atoms with van der Waals surface area (Å²) in [4.78, 5) is 7.39. The molecule has 0 unspecified atom stereocenters. The zero-order valence-corrected chi connectivity index (χ0v) is 9.28. The molecule has 0 spiro atoms. The van der Waals surface area contributed by atoms with Gasteiger partial charge in [-0.1, -0.05) is 0 Å². The number of H-pyrrole nitrogens is 1. The summed E-state index contributed by atoms with van der Waals surface area (Å²) in [6.45, 7) is 1.12. The third kappa shape index (κ3) is 2.33. The van der Waals surface area contributed by atoms with Crippen LogP contribution < -0.4 is 0 Å². The highest BCUT2D eigenvalue weighted by molar-refractivity contribution is 5.57. The van der Waals surface area contributed by atoms with E-state index in [-0.39, 0.29) is 23.9 Å². The average Bonchev–Trinajstić information content (AvgIpc) is 2.76. The average molecular weight is 258 g/mol. The zero-order valence-electron chi connectivity index (χ0n) is 9.28. The lowest BCUT2D eigenvalue weighted by molar-refractivity contribution is -0.141. The van der Waals surface area contributed by atoms with Crippen molar-refractivity contribution in [2.45, 2.75) is 19.7 Å². The maximum atomic E-state index is 12.4. The van der Waals surface area contributed by atoms with E-state index < -0.39 is 11.9 Å². The highest BCUT2D eigenvalue weighted by atomic mass is 19.4. The number of alkyl halides is 3. The summed E-state index contributed by atoms with van der Waals surface area (Å²) in [6.07, 6.45) is -4.47. The van der Waals surface area contributed by atoms with Crippen molar-refractivity contribution in [2.75, 3.05) is 0 Å². The van der Waals surface area contributed by atoms with E-state index in [0.717, 1.165) is 6.07 Å². The van der Waals surface area contributed by atoms with Gasteiger partial charge in [0.05, 0.1) is 0 Å². The van der Waals surface area contributed by atoms with Crippen molar-refractivity contribution < 1.29 is 18.3 Å². The SMILES string of the molecule is Cc1nc(C(F)(F)F)ccc1-c1n[nH]c(CO)n1. The van der Waals surface area contributed by atoms with Gasteiger partial charge in [-0.15, -0.1) is 0 Å². The fraction of sp³-hybridized carbons (Fsp3) is 0.300. The van der Waals surface area contributed by atoms with Crippen LogP contribution in [0.5, 0.6) is 0 Å². The number of aliphatic hydroxyl groups is 1. The van der Waals surface area contributed by atoms with Crippen molar-refractivity contribution in [3.63, 3.8) is 0 Å². The first-order chi connectivity index (χ1) is 8.41. The van der Waals surface area contributed by atoms with Crippen molar-refractivity contribution in [1.29, 1.82) is 0 Å². The smallest absolute Gasteiger partial charge is 0.388 e. The number of halogens is 3. The van der Waals surface area contributed by atoms with Crippen LogP contribution in [0, 0.1) is 6.92 Å². The molecule has 0 saturated heterocycles. The van der Waals surface area contributed by atoms with E-state index in [2.05, 4.69) is 20.2 Å². The number of rotatable bonds is 2. The molecule has 2 heterocycles. The van der Waals surface area contributed by atoms with Crippen molar-refractivity contribution >= 4 is 0 Å². The molecule has 2 rings (SSSR count). The Morgan fingerprint density at radius 3 is 2.50 bits per heavy atom. The van der Waals surface area contributed by atoms with Crippen LogP contribution >= 0.6 is 0 Å². The highest BCUT2D eigenvalue weighted by Gasteiger charge is 2.32. The van der Waals surface area contributed by atoms with Crippen molar-refractivity contribution in [3.05, 3.63) is 29.3 Å². The fourth-order valence-corrected chi connectivity index (χ4v) is 1.44. The van der Waals surface area contributed by atoms with Crippen LogP contribution in [0.1, 0.15) is 17.2 Å². The van der Waals surface area contributed by atoms with Crippen molar-refractivity contribution in [1.82, 2.24) is 20.2 Å². The predicted molar refractivity (Wildman–Crippen MR) is 55.3 cm³/mol. The van der Waals surface area contributed by atoms with Crippen molar-refractivity contribution in [2.24, 2.45) is 0 Å². The molecule has 0 saturated carbocycles. The minimum Gasteiger partial charge on any atom is -0.388 e. The van der Waals surface area contributed by atoms with Crippen molar-refractivity contribution in [3.8, 4) is 11.4 Å². The van der Waals surface area contributed by atoms with E-state index in [0.29, 0.717) is 5.56 Å². The van der Waals surface area contributed by atoms with Crippen LogP contribution in [-0.2, 0) is 12.8 Å². The van der Waals surface area contributed by atoms with Gasteiger partial charge >= 0.3 is 6.18 Å². The Bertz CT molecular complexity index is 564. The number of aromatic nitrogens is 4. The lowest BCUT2D eigenvalue weighted by atomic mass is 10.1. The molecule has 0 radical (unpaired) electrons. The van der Waals surface area contributed by atoms with Crippen LogP contribution in [0.25, 0.3) is 11.4 Å². The first kappa shape index (κ1) is 12.5. The molecule has 0 aliphatic heterocycles. The molecule has 96 valence electrons. The fourth-order valence-electron chi connectivity index (χ4n) is 1.44. The molecule has 5 nitrogen and oxygen atoms in total. The standard InChI is InChI=1S/C10H9F3N4O/c1-5-6(9-15-8(4-18)16-17-9)2-3-7(14-5)10(11,12)13/h2-3,18H,4H2,1H3,(H,15,16,17). The summed E-state index contributed by atoms with van der Waals surface area (Å²) in [7, 11) is 0. The quantitative estimate of drug-likeness (QED) is 0.859. The van der Waals surface area contributed by atoms with Gasteiger partial charge in [-0.2, -0.15) is 18.3 Å². The number of hydrogen-bond donors (Lipinski definition) is 2. The second kappa shape index (κ2) is 4.37. The van der Waals surface area contributed by atoms with E-state index in [1.54, 1.807) is 0 Å².